The first kappa shape index (κ1) is 31.4. The zero-order chi connectivity index (χ0) is 36.3. The van der Waals surface area contributed by atoms with Crippen molar-refractivity contribution in [2.45, 2.75) is 0 Å². The van der Waals surface area contributed by atoms with Crippen LogP contribution in [0.2, 0.25) is 0 Å². The summed E-state index contributed by atoms with van der Waals surface area (Å²) in [6, 6.07) is 56.5. The SMILES string of the molecule is c1ccc(-c2c(-c3ccccc3)c(=C(c3c[nH]c4ccccc34)c3c[nH]c4ccccc34)sc2=C(c2c[nH]c3ccccc23)c2c[nH]c3ccccc23)cc1. The van der Waals surface area contributed by atoms with Crippen molar-refractivity contribution in [3.63, 3.8) is 0 Å². The van der Waals surface area contributed by atoms with Gasteiger partial charge in [0.15, 0.2) is 0 Å². The van der Waals surface area contributed by atoms with Crippen LogP contribution in [-0.2, 0) is 0 Å². The Morgan fingerprint density at radius 1 is 0.309 bits per heavy atom. The van der Waals surface area contributed by atoms with E-state index in [-0.39, 0.29) is 0 Å². The summed E-state index contributed by atoms with van der Waals surface area (Å²) in [5.41, 5.74) is 16.3. The van der Waals surface area contributed by atoms with Crippen molar-refractivity contribution in [3.8, 4) is 22.3 Å². The molecule has 0 aliphatic rings. The number of aromatic amines is 4. The van der Waals surface area contributed by atoms with Crippen LogP contribution in [0.15, 0.2) is 183 Å². The number of thiophene rings is 1. The molecule has 11 aromatic rings. The van der Waals surface area contributed by atoms with Crippen LogP contribution in [0.1, 0.15) is 22.3 Å². The van der Waals surface area contributed by atoms with E-state index in [1.54, 1.807) is 0 Å². The molecular weight excluding hydrogens is 689 g/mol. The summed E-state index contributed by atoms with van der Waals surface area (Å²) in [4.78, 5) is 14.5. The van der Waals surface area contributed by atoms with Gasteiger partial charge in [-0.3, -0.25) is 0 Å². The average Bonchev–Trinajstić information content (AvgIpc) is 4.10. The molecule has 0 atom stereocenters. The van der Waals surface area contributed by atoms with E-state index in [0.717, 1.165) is 22.1 Å². The molecule has 0 spiro atoms. The minimum atomic E-state index is 1.11. The number of H-pyrrole nitrogens is 4. The lowest BCUT2D eigenvalue weighted by Gasteiger charge is -2.11. The highest BCUT2D eigenvalue weighted by atomic mass is 32.1. The Hall–Kier alpha value is -7.08. The summed E-state index contributed by atoms with van der Waals surface area (Å²) >= 11 is 1.89. The molecule has 55 heavy (non-hydrogen) atoms. The Kier molecular flexibility index (Phi) is 7.32. The van der Waals surface area contributed by atoms with Gasteiger partial charge in [0.2, 0.25) is 0 Å². The topological polar surface area (TPSA) is 63.2 Å². The summed E-state index contributed by atoms with van der Waals surface area (Å²) < 4.78 is 2.43. The highest BCUT2D eigenvalue weighted by Gasteiger charge is 2.25. The summed E-state index contributed by atoms with van der Waals surface area (Å²) in [6.07, 6.45) is 8.79. The minimum Gasteiger partial charge on any atom is -0.361 e. The number of nitrogens with one attached hydrogen (secondary N) is 4. The molecule has 5 heteroatoms. The molecule has 4 N–H and O–H groups in total. The molecule has 0 unspecified atom stereocenters. The third-order valence-electron chi connectivity index (χ3n) is 10.9. The van der Waals surface area contributed by atoms with Crippen molar-refractivity contribution in [2.24, 2.45) is 0 Å². The molecule has 0 aliphatic heterocycles. The second-order valence-corrected chi connectivity index (χ2v) is 15.0. The van der Waals surface area contributed by atoms with E-state index in [9.17, 15) is 0 Å². The van der Waals surface area contributed by atoms with Gasteiger partial charge in [-0.25, -0.2) is 0 Å². The van der Waals surface area contributed by atoms with E-state index in [2.05, 4.69) is 202 Å². The monoisotopic (exact) mass is 722 g/mol. The summed E-state index contributed by atoms with van der Waals surface area (Å²) in [6.45, 7) is 0. The first-order chi connectivity index (χ1) is 27.3. The minimum absolute atomic E-state index is 1.11. The number of hydrogen-bond acceptors (Lipinski definition) is 1. The third-order valence-corrected chi connectivity index (χ3v) is 12.1. The van der Waals surface area contributed by atoms with Crippen LogP contribution >= 0.6 is 11.3 Å². The maximum absolute atomic E-state index is 3.63. The number of aromatic nitrogens is 4. The Labute approximate surface area is 320 Å². The first-order valence-electron chi connectivity index (χ1n) is 18.6. The van der Waals surface area contributed by atoms with Gasteiger partial charge in [0.25, 0.3) is 0 Å². The van der Waals surface area contributed by atoms with Crippen molar-refractivity contribution in [1.29, 1.82) is 0 Å². The van der Waals surface area contributed by atoms with Crippen molar-refractivity contribution in [2.75, 3.05) is 0 Å². The van der Waals surface area contributed by atoms with Crippen LogP contribution in [0.5, 0.6) is 0 Å². The van der Waals surface area contributed by atoms with Gasteiger partial charge in [0, 0.05) is 122 Å². The lowest BCUT2D eigenvalue weighted by atomic mass is 9.90. The van der Waals surface area contributed by atoms with Gasteiger partial charge in [-0.2, -0.15) is 0 Å². The molecule has 260 valence electrons. The van der Waals surface area contributed by atoms with Gasteiger partial charge in [-0.15, -0.1) is 11.3 Å². The highest BCUT2D eigenvalue weighted by Crippen LogP contribution is 2.39. The van der Waals surface area contributed by atoms with Gasteiger partial charge in [0.05, 0.1) is 0 Å². The predicted molar refractivity (Wildman–Crippen MR) is 231 cm³/mol. The Bertz CT molecular complexity index is 2940. The fourth-order valence-corrected chi connectivity index (χ4v) is 9.93. The van der Waals surface area contributed by atoms with Gasteiger partial charge < -0.3 is 19.9 Å². The standard InChI is InChI=1S/C50H34N4S/c1-3-15-31(16-4-1)45-46(32-17-5-2-6-18-32)50(48(39-29-53-43-25-13-9-21-35(39)43)40-30-54-44-26-14-10-22-36(40)44)55-49(45)47(37-27-51-41-23-11-7-19-33(37)41)38-28-52-42-24-12-8-20-34(38)42/h1-30,51-54H. The van der Waals surface area contributed by atoms with E-state index in [1.807, 2.05) is 11.3 Å². The molecule has 0 fully saturated rings. The largest absolute Gasteiger partial charge is 0.361 e. The van der Waals surface area contributed by atoms with E-state index >= 15 is 0 Å². The molecule has 0 saturated heterocycles. The van der Waals surface area contributed by atoms with Gasteiger partial charge in [-0.1, -0.05) is 133 Å². The van der Waals surface area contributed by atoms with E-state index in [4.69, 9.17) is 0 Å². The second-order valence-electron chi connectivity index (χ2n) is 14.0. The fourth-order valence-electron chi connectivity index (χ4n) is 8.44. The van der Waals surface area contributed by atoms with Crippen molar-refractivity contribution in [3.05, 3.63) is 214 Å². The third kappa shape index (κ3) is 5.05. The number of benzene rings is 6. The number of para-hydroxylation sites is 4. The molecule has 5 aromatic heterocycles. The fraction of sp³-hybridized carbons (Fsp3) is 0. The average molecular weight is 723 g/mol. The molecular formula is C50H34N4S. The smallest absolute Gasteiger partial charge is 0.0460 e. The molecule has 11 rings (SSSR count). The van der Waals surface area contributed by atoms with Crippen LogP contribution in [0.25, 0.3) is 77.0 Å². The lowest BCUT2D eigenvalue weighted by Crippen LogP contribution is -2.07. The van der Waals surface area contributed by atoms with E-state index < -0.39 is 0 Å². The molecule has 6 aromatic carbocycles. The number of rotatable bonds is 6. The van der Waals surface area contributed by atoms with Crippen molar-refractivity contribution >= 4 is 66.1 Å². The summed E-state index contributed by atoms with van der Waals surface area (Å²) in [5.74, 6) is 0. The highest BCUT2D eigenvalue weighted by molar-refractivity contribution is 7.09. The molecule has 0 radical (unpaired) electrons. The zero-order valence-electron chi connectivity index (χ0n) is 29.7. The van der Waals surface area contributed by atoms with Crippen molar-refractivity contribution in [1.82, 2.24) is 19.9 Å². The summed E-state index contributed by atoms with van der Waals surface area (Å²) in [5, 5.41) is 4.76. The predicted octanol–water partition coefficient (Wildman–Crippen LogP) is 11.5. The lowest BCUT2D eigenvalue weighted by molar-refractivity contribution is 1.44. The quantitative estimate of drug-likeness (QED) is 0.132. The van der Waals surface area contributed by atoms with Crippen molar-refractivity contribution < 1.29 is 0 Å². The molecule has 0 bridgehead atoms. The van der Waals surface area contributed by atoms with Crippen LogP contribution in [-0.4, -0.2) is 19.9 Å². The molecule has 0 amide bonds. The van der Waals surface area contributed by atoms with E-state index in [1.165, 1.54) is 86.3 Å². The molecule has 4 nitrogen and oxygen atoms in total. The van der Waals surface area contributed by atoms with Gasteiger partial charge in [0.1, 0.15) is 0 Å². The number of hydrogen-bond donors (Lipinski definition) is 4. The second kappa shape index (κ2) is 12.8. The Morgan fingerprint density at radius 3 is 0.891 bits per heavy atom. The van der Waals surface area contributed by atoms with Crippen LogP contribution in [0.3, 0.4) is 0 Å². The summed E-state index contributed by atoms with van der Waals surface area (Å²) in [7, 11) is 0. The van der Waals surface area contributed by atoms with E-state index in [0.29, 0.717) is 0 Å². The maximum atomic E-state index is 3.63. The maximum Gasteiger partial charge on any atom is 0.0460 e. The normalized spacial score (nSPS) is 11.6. The van der Waals surface area contributed by atoms with Gasteiger partial charge >= 0.3 is 0 Å². The molecule has 5 heterocycles. The molecule has 0 aliphatic carbocycles. The molecule has 0 saturated carbocycles. The Balaban J connectivity index is 1.44. The van der Waals surface area contributed by atoms with Gasteiger partial charge in [-0.05, 0) is 35.4 Å². The first-order valence-corrected chi connectivity index (χ1v) is 19.4. The van der Waals surface area contributed by atoms with Crippen LogP contribution in [0.4, 0.5) is 0 Å². The van der Waals surface area contributed by atoms with Crippen LogP contribution < -0.4 is 9.06 Å². The number of fused-ring (bicyclic) bond motifs is 4. The Morgan fingerprint density at radius 2 is 0.582 bits per heavy atom. The zero-order valence-corrected chi connectivity index (χ0v) is 30.5. The van der Waals surface area contributed by atoms with Crippen LogP contribution in [0, 0.1) is 0 Å².